The molecular formula is C18H23N3OS. The number of nitrogens with one attached hydrogen (secondary N) is 2. The van der Waals surface area contributed by atoms with Crippen LogP contribution in [-0.4, -0.2) is 10.9 Å². The van der Waals surface area contributed by atoms with Crippen molar-refractivity contribution in [1.82, 2.24) is 10.3 Å². The van der Waals surface area contributed by atoms with Gasteiger partial charge in [0.15, 0.2) is 0 Å². The van der Waals surface area contributed by atoms with Crippen molar-refractivity contribution >= 4 is 22.9 Å². The molecule has 2 N–H and O–H groups in total. The third-order valence-electron chi connectivity index (χ3n) is 4.12. The van der Waals surface area contributed by atoms with Crippen LogP contribution in [0.4, 0.5) is 5.69 Å². The molecule has 0 bridgehead atoms. The lowest BCUT2D eigenvalue weighted by molar-refractivity contribution is -0.117. The second kappa shape index (κ2) is 7.23. The Labute approximate surface area is 141 Å². The van der Waals surface area contributed by atoms with Gasteiger partial charge < -0.3 is 10.6 Å². The lowest BCUT2D eigenvalue weighted by atomic mass is 10.1. The van der Waals surface area contributed by atoms with Gasteiger partial charge in [0.2, 0.25) is 5.91 Å². The van der Waals surface area contributed by atoms with E-state index < -0.39 is 0 Å². The summed E-state index contributed by atoms with van der Waals surface area (Å²) in [7, 11) is 0. The quantitative estimate of drug-likeness (QED) is 0.810. The van der Waals surface area contributed by atoms with Gasteiger partial charge in [-0.05, 0) is 43.9 Å². The van der Waals surface area contributed by atoms with Crippen LogP contribution in [0.5, 0.6) is 0 Å². The lowest BCUT2D eigenvalue weighted by Crippen LogP contribution is -2.18. The van der Waals surface area contributed by atoms with E-state index >= 15 is 0 Å². The first-order valence-electron chi connectivity index (χ1n) is 8.23. The summed E-state index contributed by atoms with van der Waals surface area (Å²) in [5.74, 6) is 0.389. The molecule has 1 atom stereocenters. The molecule has 1 fully saturated rings. The zero-order valence-corrected chi connectivity index (χ0v) is 14.5. The molecular weight excluding hydrogens is 306 g/mol. The number of aromatic nitrogens is 1. The number of aryl methyl sites for hydroxylation is 1. The van der Waals surface area contributed by atoms with Gasteiger partial charge in [-0.2, -0.15) is 0 Å². The first-order valence-corrected chi connectivity index (χ1v) is 9.11. The van der Waals surface area contributed by atoms with Gasteiger partial charge in [-0.15, -0.1) is 11.3 Å². The number of amides is 1. The average Bonchev–Trinajstić information content (AvgIpc) is 3.32. The van der Waals surface area contributed by atoms with Crippen LogP contribution in [0.25, 0.3) is 0 Å². The van der Waals surface area contributed by atoms with Gasteiger partial charge in [0.25, 0.3) is 0 Å². The molecule has 23 heavy (non-hydrogen) atoms. The second-order valence-corrected chi connectivity index (χ2v) is 7.02. The van der Waals surface area contributed by atoms with Gasteiger partial charge in [0, 0.05) is 29.6 Å². The number of rotatable bonds is 7. The van der Waals surface area contributed by atoms with E-state index in [2.05, 4.69) is 47.0 Å². The van der Waals surface area contributed by atoms with Crippen molar-refractivity contribution in [2.24, 2.45) is 5.92 Å². The Kier molecular flexibility index (Phi) is 5.08. The maximum Gasteiger partial charge on any atom is 0.227 e. The lowest BCUT2D eigenvalue weighted by Gasteiger charge is -2.14. The molecule has 0 radical (unpaired) electrons. The van der Waals surface area contributed by atoms with Crippen LogP contribution < -0.4 is 10.6 Å². The number of carbonyl (C=O) groups is 1. The Morgan fingerprint density at radius 2 is 2.09 bits per heavy atom. The highest BCUT2D eigenvalue weighted by Gasteiger charge is 2.29. The second-order valence-electron chi connectivity index (χ2n) is 6.07. The van der Waals surface area contributed by atoms with Gasteiger partial charge in [-0.1, -0.05) is 19.1 Å². The molecule has 5 heteroatoms. The molecule has 1 aliphatic carbocycles. The summed E-state index contributed by atoms with van der Waals surface area (Å²) in [5.41, 5.74) is 3.19. The van der Waals surface area contributed by atoms with E-state index in [-0.39, 0.29) is 17.9 Å². The molecule has 122 valence electrons. The van der Waals surface area contributed by atoms with Crippen molar-refractivity contribution in [1.29, 1.82) is 0 Å². The monoisotopic (exact) mass is 329 g/mol. The Balaban J connectivity index is 1.52. The van der Waals surface area contributed by atoms with Crippen LogP contribution in [0.2, 0.25) is 0 Å². The van der Waals surface area contributed by atoms with E-state index in [0.29, 0.717) is 0 Å². The third kappa shape index (κ3) is 4.39. The minimum absolute atomic E-state index is 0.152. The number of nitrogens with zero attached hydrogens (tertiary/aromatic N) is 1. The van der Waals surface area contributed by atoms with Gasteiger partial charge in [0.05, 0.1) is 10.7 Å². The van der Waals surface area contributed by atoms with Crippen LogP contribution in [0.3, 0.4) is 0 Å². The van der Waals surface area contributed by atoms with Gasteiger partial charge in [-0.25, -0.2) is 4.98 Å². The summed E-state index contributed by atoms with van der Waals surface area (Å²) in [6.07, 6.45) is 3.05. The van der Waals surface area contributed by atoms with Gasteiger partial charge in [0.1, 0.15) is 0 Å². The van der Waals surface area contributed by atoms with Crippen LogP contribution in [0, 0.1) is 5.92 Å². The molecule has 3 rings (SSSR count). The zero-order valence-electron chi connectivity index (χ0n) is 13.6. The standard InChI is InChI=1S/C18H23N3OS/c1-3-17-20-16(11-23-17)10-19-12(2)13-6-8-15(9-7-13)21-18(22)14-4-5-14/h6-9,11-12,14,19H,3-5,10H2,1-2H3,(H,21,22). The molecule has 0 spiro atoms. The summed E-state index contributed by atoms with van der Waals surface area (Å²) in [4.78, 5) is 16.3. The fourth-order valence-electron chi connectivity index (χ4n) is 2.41. The van der Waals surface area contributed by atoms with Crippen molar-refractivity contribution in [2.45, 2.75) is 45.7 Å². The molecule has 1 aliphatic rings. The number of thiazole rings is 1. The topological polar surface area (TPSA) is 54.0 Å². The third-order valence-corrected chi connectivity index (χ3v) is 5.16. The number of hydrogen-bond donors (Lipinski definition) is 2. The zero-order chi connectivity index (χ0) is 16.2. The largest absolute Gasteiger partial charge is 0.326 e. The highest BCUT2D eigenvalue weighted by atomic mass is 32.1. The maximum absolute atomic E-state index is 11.8. The Morgan fingerprint density at radius 3 is 2.70 bits per heavy atom. The van der Waals surface area contributed by atoms with E-state index in [1.807, 2.05) is 12.1 Å². The Bertz CT molecular complexity index is 661. The van der Waals surface area contributed by atoms with Crippen molar-refractivity contribution < 1.29 is 4.79 Å². The number of anilines is 1. The molecule has 0 saturated heterocycles. The van der Waals surface area contributed by atoms with Crippen LogP contribution in [0.15, 0.2) is 29.6 Å². The molecule has 4 nitrogen and oxygen atoms in total. The van der Waals surface area contributed by atoms with Crippen molar-refractivity contribution in [3.63, 3.8) is 0 Å². The molecule has 1 heterocycles. The molecule has 1 aromatic heterocycles. The van der Waals surface area contributed by atoms with Crippen molar-refractivity contribution in [3.8, 4) is 0 Å². The highest BCUT2D eigenvalue weighted by molar-refractivity contribution is 7.09. The van der Waals surface area contributed by atoms with Crippen molar-refractivity contribution in [2.75, 3.05) is 5.32 Å². The van der Waals surface area contributed by atoms with E-state index in [1.165, 1.54) is 10.6 Å². The molecule has 1 aromatic carbocycles. The van der Waals surface area contributed by atoms with E-state index in [4.69, 9.17) is 0 Å². The fraction of sp³-hybridized carbons (Fsp3) is 0.444. The maximum atomic E-state index is 11.8. The van der Waals surface area contributed by atoms with E-state index in [9.17, 15) is 4.79 Å². The predicted molar refractivity (Wildman–Crippen MR) is 94.5 cm³/mol. The Morgan fingerprint density at radius 1 is 1.35 bits per heavy atom. The molecule has 2 aromatic rings. The summed E-state index contributed by atoms with van der Waals surface area (Å²) in [5, 5.41) is 9.77. The smallest absolute Gasteiger partial charge is 0.227 e. The van der Waals surface area contributed by atoms with Crippen LogP contribution in [0.1, 0.15) is 49.0 Å². The molecule has 1 saturated carbocycles. The SMILES string of the molecule is CCc1nc(CNC(C)c2ccc(NC(=O)C3CC3)cc2)cs1. The van der Waals surface area contributed by atoms with Gasteiger partial charge in [-0.3, -0.25) is 4.79 Å². The van der Waals surface area contributed by atoms with Gasteiger partial charge >= 0.3 is 0 Å². The minimum Gasteiger partial charge on any atom is -0.326 e. The molecule has 0 aliphatic heterocycles. The first kappa shape index (κ1) is 16.1. The van der Waals surface area contributed by atoms with Crippen molar-refractivity contribution in [3.05, 3.63) is 45.9 Å². The van der Waals surface area contributed by atoms with Crippen LogP contribution >= 0.6 is 11.3 Å². The number of benzene rings is 1. The number of hydrogen-bond acceptors (Lipinski definition) is 4. The Hall–Kier alpha value is -1.72. The fourth-order valence-corrected chi connectivity index (χ4v) is 3.16. The summed E-state index contributed by atoms with van der Waals surface area (Å²) in [6, 6.07) is 8.34. The molecule has 1 unspecified atom stereocenters. The molecule has 1 amide bonds. The average molecular weight is 329 g/mol. The number of carbonyl (C=O) groups excluding carboxylic acids is 1. The summed E-state index contributed by atoms with van der Waals surface area (Å²) < 4.78 is 0. The highest BCUT2D eigenvalue weighted by Crippen LogP contribution is 2.30. The summed E-state index contributed by atoms with van der Waals surface area (Å²) >= 11 is 1.72. The minimum atomic E-state index is 0.152. The van der Waals surface area contributed by atoms with E-state index in [1.54, 1.807) is 11.3 Å². The summed E-state index contributed by atoms with van der Waals surface area (Å²) in [6.45, 7) is 5.05. The van der Waals surface area contributed by atoms with Crippen LogP contribution in [-0.2, 0) is 17.8 Å². The van der Waals surface area contributed by atoms with E-state index in [0.717, 1.165) is 37.2 Å². The normalized spacial score (nSPS) is 15.4. The first-order chi connectivity index (χ1) is 11.2. The predicted octanol–water partition coefficient (Wildman–Crippen LogP) is 3.90.